The molecule has 1 rings (SSSR count). The standard InChI is InChI=1S/C9H19N.Mg.2H/c1-8(2)6-5-7-9(3,4)10-8;;;/h10H,5-7H2,1-4H3;;;. The average molecular weight is 168 g/mol. The molecular weight excluding hydrogens is 146 g/mol. The van der Waals surface area contributed by atoms with Crippen LogP contribution in [0.1, 0.15) is 47.0 Å². The van der Waals surface area contributed by atoms with Gasteiger partial charge in [0.2, 0.25) is 0 Å². The van der Waals surface area contributed by atoms with Gasteiger partial charge < -0.3 is 5.32 Å². The summed E-state index contributed by atoms with van der Waals surface area (Å²) in [4.78, 5) is 0. The molecule has 0 bridgehead atoms. The fourth-order valence-corrected chi connectivity index (χ4v) is 2.01. The molecule has 0 unspecified atom stereocenters. The maximum atomic E-state index is 3.63. The SMILES string of the molecule is CC1(C)CCCC(C)(C)N1.[MgH2]. The monoisotopic (exact) mass is 167 g/mol. The third kappa shape index (κ3) is 3.77. The van der Waals surface area contributed by atoms with E-state index < -0.39 is 0 Å². The second kappa shape index (κ2) is 3.63. The highest BCUT2D eigenvalue weighted by Gasteiger charge is 2.31. The smallest absolute Gasteiger partial charge is 0.307 e. The molecule has 0 aromatic carbocycles. The molecule has 2 heteroatoms. The topological polar surface area (TPSA) is 12.0 Å². The third-order valence-electron chi connectivity index (χ3n) is 2.28. The summed E-state index contributed by atoms with van der Waals surface area (Å²) < 4.78 is 0. The second-order valence-electron chi connectivity index (χ2n) is 4.75. The summed E-state index contributed by atoms with van der Waals surface area (Å²) in [6, 6.07) is 0. The lowest BCUT2D eigenvalue weighted by Crippen LogP contribution is -2.55. The molecule has 1 saturated heterocycles. The average Bonchev–Trinajstić information content (AvgIpc) is 1.56. The molecule has 0 aliphatic carbocycles. The number of nitrogens with one attached hydrogen (secondary N) is 1. The zero-order valence-corrected chi connectivity index (χ0v) is 7.62. The maximum absolute atomic E-state index is 3.63. The van der Waals surface area contributed by atoms with Gasteiger partial charge >= 0.3 is 23.1 Å². The molecule has 0 radical (unpaired) electrons. The molecule has 11 heavy (non-hydrogen) atoms. The van der Waals surface area contributed by atoms with Crippen LogP contribution in [0, 0.1) is 0 Å². The largest absolute Gasteiger partial charge is 0.316 e. The minimum Gasteiger partial charge on any atom is -0.307 e. The van der Waals surface area contributed by atoms with E-state index in [0.717, 1.165) is 0 Å². The van der Waals surface area contributed by atoms with Gasteiger partial charge in [0.25, 0.3) is 0 Å². The van der Waals surface area contributed by atoms with Gasteiger partial charge in [-0.05, 0) is 47.0 Å². The van der Waals surface area contributed by atoms with Crippen LogP contribution < -0.4 is 5.32 Å². The Bertz CT molecular complexity index is 116. The van der Waals surface area contributed by atoms with Gasteiger partial charge in [0.05, 0.1) is 0 Å². The molecule has 0 aromatic heterocycles. The Labute approximate surface area is 86.5 Å². The Morgan fingerprint density at radius 1 is 0.909 bits per heavy atom. The number of hydrogen-bond donors (Lipinski definition) is 1. The fourth-order valence-electron chi connectivity index (χ4n) is 2.01. The van der Waals surface area contributed by atoms with Crippen LogP contribution in [0.25, 0.3) is 0 Å². The highest BCUT2D eigenvalue weighted by molar-refractivity contribution is 5.75. The molecular formula is C9H21MgN. The molecule has 0 amide bonds. The van der Waals surface area contributed by atoms with Crippen LogP contribution >= 0.6 is 0 Å². The predicted octanol–water partition coefficient (Wildman–Crippen LogP) is 1.40. The van der Waals surface area contributed by atoms with E-state index in [1.165, 1.54) is 19.3 Å². The van der Waals surface area contributed by atoms with Gasteiger partial charge in [-0.2, -0.15) is 0 Å². The van der Waals surface area contributed by atoms with Crippen molar-refractivity contribution in [1.82, 2.24) is 5.32 Å². The molecule has 1 aliphatic rings. The summed E-state index contributed by atoms with van der Waals surface area (Å²) in [7, 11) is 0. The summed E-state index contributed by atoms with van der Waals surface area (Å²) in [5, 5.41) is 3.63. The van der Waals surface area contributed by atoms with Gasteiger partial charge in [-0.1, -0.05) is 0 Å². The number of hydrogen-bond acceptors (Lipinski definition) is 1. The van der Waals surface area contributed by atoms with Crippen molar-refractivity contribution >= 4 is 23.1 Å². The van der Waals surface area contributed by atoms with Crippen LogP contribution in [0.3, 0.4) is 0 Å². The minimum absolute atomic E-state index is 0. The summed E-state index contributed by atoms with van der Waals surface area (Å²) in [6.07, 6.45) is 4.00. The summed E-state index contributed by atoms with van der Waals surface area (Å²) >= 11 is 0. The Kier molecular flexibility index (Phi) is 3.87. The number of rotatable bonds is 0. The summed E-state index contributed by atoms with van der Waals surface area (Å²) in [5.41, 5.74) is 0.726. The molecule has 1 aliphatic heterocycles. The molecule has 64 valence electrons. The lowest BCUT2D eigenvalue weighted by atomic mass is 9.83. The highest BCUT2D eigenvalue weighted by Crippen LogP contribution is 2.27. The lowest BCUT2D eigenvalue weighted by Gasteiger charge is -2.42. The van der Waals surface area contributed by atoms with Crippen LogP contribution in [0.4, 0.5) is 0 Å². The van der Waals surface area contributed by atoms with E-state index in [9.17, 15) is 0 Å². The van der Waals surface area contributed by atoms with E-state index in [1.807, 2.05) is 0 Å². The van der Waals surface area contributed by atoms with Gasteiger partial charge in [0.15, 0.2) is 0 Å². The maximum Gasteiger partial charge on any atom is 0.316 e. The Morgan fingerprint density at radius 2 is 1.27 bits per heavy atom. The van der Waals surface area contributed by atoms with Gasteiger partial charge in [0.1, 0.15) is 0 Å². The highest BCUT2D eigenvalue weighted by atomic mass is 24.3. The Hall–Kier alpha value is 0.726. The summed E-state index contributed by atoms with van der Waals surface area (Å²) in [6.45, 7) is 9.14. The molecule has 1 N–H and O–H groups in total. The summed E-state index contributed by atoms with van der Waals surface area (Å²) in [5.74, 6) is 0. The lowest BCUT2D eigenvalue weighted by molar-refractivity contribution is 0.183. The molecule has 0 atom stereocenters. The molecule has 1 fully saturated rings. The van der Waals surface area contributed by atoms with Gasteiger partial charge in [-0.15, -0.1) is 0 Å². The van der Waals surface area contributed by atoms with E-state index in [2.05, 4.69) is 33.0 Å². The van der Waals surface area contributed by atoms with Crippen molar-refractivity contribution in [2.75, 3.05) is 0 Å². The van der Waals surface area contributed by atoms with E-state index in [1.54, 1.807) is 0 Å². The fraction of sp³-hybridized carbons (Fsp3) is 1.00. The first-order chi connectivity index (χ1) is 4.41. The van der Waals surface area contributed by atoms with Crippen molar-refractivity contribution in [3.63, 3.8) is 0 Å². The quantitative estimate of drug-likeness (QED) is 0.538. The third-order valence-corrected chi connectivity index (χ3v) is 2.28. The van der Waals surface area contributed by atoms with E-state index in [-0.39, 0.29) is 23.1 Å². The van der Waals surface area contributed by atoms with Crippen molar-refractivity contribution in [3.8, 4) is 0 Å². The normalized spacial score (nSPS) is 27.3. The van der Waals surface area contributed by atoms with E-state index in [4.69, 9.17) is 0 Å². The molecule has 0 spiro atoms. The first-order valence-corrected chi connectivity index (χ1v) is 4.21. The van der Waals surface area contributed by atoms with Crippen LogP contribution in [-0.2, 0) is 0 Å². The van der Waals surface area contributed by atoms with Crippen molar-refractivity contribution in [1.29, 1.82) is 0 Å². The van der Waals surface area contributed by atoms with Crippen LogP contribution in [0.2, 0.25) is 0 Å². The second-order valence-corrected chi connectivity index (χ2v) is 4.75. The van der Waals surface area contributed by atoms with Gasteiger partial charge in [-0.3, -0.25) is 0 Å². The van der Waals surface area contributed by atoms with Crippen molar-refractivity contribution in [2.45, 2.75) is 58.0 Å². The van der Waals surface area contributed by atoms with Crippen molar-refractivity contribution < 1.29 is 0 Å². The van der Waals surface area contributed by atoms with E-state index in [0.29, 0.717) is 11.1 Å². The predicted molar refractivity (Wildman–Crippen MR) is 53.7 cm³/mol. The molecule has 0 aromatic rings. The Balaban J connectivity index is 0.000001000. The zero-order chi connectivity index (χ0) is 7.83. The van der Waals surface area contributed by atoms with Gasteiger partial charge in [-0.25, -0.2) is 0 Å². The first kappa shape index (κ1) is 11.7. The van der Waals surface area contributed by atoms with Crippen LogP contribution in [0.15, 0.2) is 0 Å². The minimum atomic E-state index is 0. The molecule has 0 saturated carbocycles. The van der Waals surface area contributed by atoms with Gasteiger partial charge in [0, 0.05) is 11.1 Å². The Morgan fingerprint density at radius 3 is 1.45 bits per heavy atom. The van der Waals surface area contributed by atoms with Crippen LogP contribution in [-0.4, -0.2) is 34.1 Å². The van der Waals surface area contributed by atoms with E-state index >= 15 is 0 Å². The van der Waals surface area contributed by atoms with Crippen molar-refractivity contribution in [2.24, 2.45) is 0 Å². The van der Waals surface area contributed by atoms with Crippen molar-refractivity contribution in [3.05, 3.63) is 0 Å². The van der Waals surface area contributed by atoms with Crippen LogP contribution in [0.5, 0.6) is 0 Å². The molecule has 1 nitrogen and oxygen atoms in total. The first-order valence-electron chi connectivity index (χ1n) is 4.21. The molecule has 1 heterocycles. The zero-order valence-electron chi connectivity index (χ0n) is 7.62. The number of piperidine rings is 1.